The van der Waals surface area contributed by atoms with Crippen LogP contribution in [0.3, 0.4) is 0 Å². The summed E-state index contributed by atoms with van der Waals surface area (Å²) in [5, 5.41) is 0. The Morgan fingerprint density at radius 3 is 3.07 bits per heavy atom. The summed E-state index contributed by atoms with van der Waals surface area (Å²) in [7, 11) is 0. The largest absolute Gasteiger partial charge is 0.493 e. The van der Waals surface area contributed by atoms with Crippen molar-refractivity contribution >= 4 is 5.78 Å². The second-order valence-corrected chi connectivity index (χ2v) is 3.85. The molecule has 2 nitrogen and oxygen atoms in total. The summed E-state index contributed by atoms with van der Waals surface area (Å²) in [6.45, 7) is 2.23. The molecule has 0 bridgehead atoms. The van der Waals surface area contributed by atoms with Crippen molar-refractivity contribution in [1.82, 2.24) is 0 Å². The highest BCUT2D eigenvalue weighted by molar-refractivity contribution is 5.87. The number of allylic oxidation sites excluding steroid dienone is 1. The summed E-state index contributed by atoms with van der Waals surface area (Å²) in [6.07, 6.45) is 4.53. The number of benzene rings is 1. The molecule has 0 aliphatic carbocycles. The second-order valence-electron chi connectivity index (χ2n) is 3.85. The molecular weight excluding hydrogens is 188 g/mol. The summed E-state index contributed by atoms with van der Waals surface area (Å²) in [5.74, 6) is 1.39. The molecule has 2 heteroatoms. The Kier molecular flexibility index (Phi) is 2.86. The van der Waals surface area contributed by atoms with E-state index in [1.165, 1.54) is 5.56 Å². The fourth-order valence-electron chi connectivity index (χ4n) is 1.75. The molecule has 1 aromatic rings. The Hall–Kier alpha value is -1.57. The van der Waals surface area contributed by atoms with Crippen molar-refractivity contribution in [3.63, 3.8) is 0 Å². The number of carbonyl (C=O) groups excluding carboxylic acids is 1. The number of ether oxygens (including phenoxy) is 1. The van der Waals surface area contributed by atoms with Crippen molar-refractivity contribution in [1.29, 1.82) is 0 Å². The van der Waals surface area contributed by atoms with E-state index in [-0.39, 0.29) is 5.78 Å². The maximum absolute atomic E-state index is 10.8. The molecule has 2 rings (SSSR count). The summed E-state index contributed by atoms with van der Waals surface area (Å²) in [5.41, 5.74) is 1.22. The first-order chi connectivity index (χ1) is 7.25. The number of hydrogen-bond donors (Lipinski definition) is 0. The Labute approximate surface area is 89.6 Å². The van der Waals surface area contributed by atoms with Crippen LogP contribution in [0.25, 0.3) is 0 Å². The van der Waals surface area contributed by atoms with Gasteiger partial charge in [0.25, 0.3) is 0 Å². The molecule has 1 atom stereocenters. The molecule has 0 fully saturated rings. The van der Waals surface area contributed by atoms with Crippen LogP contribution in [0, 0.1) is 5.92 Å². The fraction of sp³-hybridized carbons (Fsp3) is 0.308. The SMILES string of the molecule is CC(=O)/C=C/C1COc2ccccc2C1. The summed E-state index contributed by atoms with van der Waals surface area (Å²) in [6, 6.07) is 8.05. The lowest BCUT2D eigenvalue weighted by Gasteiger charge is -2.22. The molecule has 0 amide bonds. The summed E-state index contributed by atoms with van der Waals surface area (Å²) in [4.78, 5) is 10.8. The molecule has 1 aliphatic rings. The Morgan fingerprint density at radius 2 is 2.27 bits per heavy atom. The first-order valence-electron chi connectivity index (χ1n) is 5.15. The Morgan fingerprint density at radius 1 is 1.47 bits per heavy atom. The van der Waals surface area contributed by atoms with E-state index in [0.717, 1.165) is 12.2 Å². The maximum atomic E-state index is 10.8. The molecule has 15 heavy (non-hydrogen) atoms. The zero-order valence-electron chi connectivity index (χ0n) is 8.77. The molecule has 1 heterocycles. The van der Waals surface area contributed by atoms with Gasteiger partial charge in [-0.25, -0.2) is 0 Å². The zero-order valence-corrected chi connectivity index (χ0v) is 8.77. The van der Waals surface area contributed by atoms with Crippen molar-refractivity contribution < 1.29 is 9.53 Å². The van der Waals surface area contributed by atoms with Crippen LogP contribution >= 0.6 is 0 Å². The van der Waals surface area contributed by atoms with Gasteiger partial charge in [0.15, 0.2) is 5.78 Å². The van der Waals surface area contributed by atoms with Crippen molar-refractivity contribution in [2.45, 2.75) is 13.3 Å². The molecule has 78 valence electrons. The number of rotatable bonds is 2. The molecule has 0 aromatic heterocycles. The van der Waals surface area contributed by atoms with Crippen LogP contribution in [0.5, 0.6) is 5.75 Å². The molecule has 1 aromatic carbocycles. The van der Waals surface area contributed by atoms with Gasteiger partial charge in [-0.05, 0) is 31.1 Å². The molecular formula is C13H14O2. The van der Waals surface area contributed by atoms with Crippen molar-refractivity contribution in [3.8, 4) is 5.75 Å². The fourth-order valence-corrected chi connectivity index (χ4v) is 1.75. The lowest BCUT2D eigenvalue weighted by Crippen LogP contribution is -2.19. The number of para-hydroxylation sites is 1. The van der Waals surface area contributed by atoms with Crippen molar-refractivity contribution in [2.75, 3.05) is 6.61 Å². The predicted molar refractivity (Wildman–Crippen MR) is 59.0 cm³/mol. The smallest absolute Gasteiger partial charge is 0.152 e. The zero-order chi connectivity index (χ0) is 10.7. The second kappa shape index (κ2) is 4.30. The minimum absolute atomic E-state index is 0.0915. The first-order valence-corrected chi connectivity index (χ1v) is 5.15. The van der Waals surface area contributed by atoms with E-state index in [9.17, 15) is 4.79 Å². The van der Waals surface area contributed by atoms with E-state index in [1.54, 1.807) is 13.0 Å². The highest BCUT2D eigenvalue weighted by Gasteiger charge is 2.16. The standard InChI is InChI=1S/C13H14O2/c1-10(14)6-7-11-8-12-4-2-3-5-13(12)15-9-11/h2-7,11H,8-9H2,1H3/b7-6+. The van der Waals surface area contributed by atoms with Crippen LogP contribution < -0.4 is 4.74 Å². The molecule has 1 unspecified atom stereocenters. The van der Waals surface area contributed by atoms with Crippen molar-refractivity contribution in [2.24, 2.45) is 5.92 Å². The molecule has 0 N–H and O–H groups in total. The quantitative estimate of drug-likeness (QED) is 0.688. The van der Waals surface area contributed by atoms with Gasteiger partial charge in [-0.1, -0.05) is 24.3 Å². The van der Waals surface area contributed by atoms with E-state index >= 15 is 0 Å². The summed E-state index contributed by atoms with van der Waals surface area (Å²) >= 11 is 0. The lowest BCUT2D eigenvalue weighted by atomic mass is 9.96. The van der Waals surface area contributed by atoms with Gasteiger partial charge in [-0.15, -0.1) is 0 Å². The van der Waals surface area contributed by atoms with Gasteiger partial charge in [-0.3, -0.25) is 4.79 Å². The average molecular weight is 202 g/mol. The van der Waals surface area contributed by atoms with E-state index in [2.05, 4.69) is 6.07 Å². The lowest BCUT2D eigenvalue weighted by molar-refractivity contribution is -0.112. The first kappa shape index (κ1) is 9.97. The van der Waals surface area contributed by atoms with E-state index < -0.39 is 0 Å². The van der Waals surface area contributed by atoms with Crippen LogP contribution in [0.1, 0.15) is 12.5 Å². The monoisotopic (exact) mass is 202 g/mol. The van der Waals surface area contributed by atoms with Gasteiger partial charge >= 0.3 is 0 Å². The van der Waals surface area contributed by atoms with E-state index in [4.69, 9.17) is 4.74 Å². The van der Waals surface area contributed by atoms with Crippen molar-refractivity contribution in [3.05, 3.63) is 42.0 Å². The van der Waals surface area contributed by atoms with Crippen LogP contribution in [0.4, 0.5) is 0 Å². The molecule has 0 spiro atoms. The van der Waals surface area contributed by atoms with Gasteiger partial charge in [0.1, 0.15) is 5.75 Å². The van der Waals surface area contributed by atoms with E-state index in [0.29, 0.717) is 12.5 Å². The number of ketones is 1. The van der Waals surface area contributed by atoms with Crippen LogP contribution in [-0.2, 0) is 11.2 Å². The number of hydrogen-bond acceptors (Lipinski definition) is 2. The minimum Gasteiger partial charge on any atom is -0.493 e. The topological polar surface area (TPSA) is 26.3 Å². The van der Waals surface area contributed by atoms with Gasteiger partial charge < -0.3 is 4.74 Å². The highest BCUT2D eigenvalue weighted by atomic mass is 16.5. The molecule has 1 aliphatic heterocycles. The minimum atomic E-state index is 0.0915. The Bertz CT molecular complexity index is 393. The summed E-state index contributed by atoms with van der Waals surface area (Å²) < 4.78 is 5.61. The van der Waals surface area contributed by atoms with Crippen LogP contribution in [0.2, 0.25) is 0 Å². The molecule has 0 saturated heterocycles. The number of fused-ring (bicyclic) bond motifs is 1. The maximum Gasteiger partial charge on any atom is 0.152 e. The van der Waals surface area contributed by atoms with Crippen LogP contribution in [0.15, 0.2) is 36.4 Å². The number of carbonyl (C=O) groups is 1. The van der Waals surface area contributed by atoms with Gasteiger partial charge in [0.2, 0.25) is 0 Å². The normalized spacial score (nSPS) is 19.7. The highest BCUT2D eigenvalue weighted by Crippen LogP contribution is 2.27. The average Bonchev–Trinajstić information content (AvgIpc) is 2.26. The predicted octanol–water partition coefficient (Wildman–Crippen LogP) is 2.38. The van der Waals surface area contributed by atoms with E-state index in [1.807, 2.05) is 24.3 Å². The molecule has 0 radical (unpaired) electrons. The third-order valence-corrected chi connectivity index (χ3v) is 2.51. The Balaban J connectivity index is 2.09. The van der Waals surface area contributed by atoms with Gasteiger partial charge in [-0.2, -0.15) is 0 Å². The van der Waals surface area contributed by atoms with Gasteiger partial charge in [0.05, 0.1) is 6.61 Å². The van der Waals surface area contributed by atoms with Gasteiger partial charge in [0, 0.05) is 5.92 Å². The third kappa shape index (κ3) is 2.46. The third-order valence-electron chi connectivity index (χ3n) is 2.51. The van der Waals surface area contributed by atoms with Crippen LogP contribution in [-0.4, -0.2) is 12.4 Å². The molecule has 0 saturated carbocycles.